The number of aliphatic hydroxyl groups is 1. The minimum atomic E-state index is -0.896. The number of benzene rings is 2. The summed E-state index contributed by atoms with van der Waals surface area (Å²) < 4.78 is 10.6. The van der Waals surface area contributed by atoms with Gasteiger partial charge in [0, 0.05) is 12.6 Å². The molecular weight excluding hydrogens is 302 g/mol. The summed E-state index contributed by atoms with van der Waals surface area (Å²) >= 11 is 0. The predicted octanol–water partition coefficient (Wildman–Crippen LogP) is 3.13. The first-order chi connectivity index (χ1) is 11.5. The van der Waals surface area contributed by atoms with E-state index in [0.717, 1.165) is 29.0 Å². The molecule has 0 amide bonds. The number of ether oxygens (including phenoxy) is 2. The number of rotatable bonds is 8. The zero-order chi connectivity index (χ0) is 17.6. The third-order valence-corrected chi connectivity index (χ3v) is 4.18. The van der Waals surface area contributed by atoms with Crippen molar-refractivity contribution < 1.29 is 14.6 Å². The second kappa shape index (κ2) is 8.18. The molecule has 0 bridgehead atoms. The molecule has 0 aromatic heterocycles. The molecule has 2 atom stereocenters. The van der Waals surface area contributed by atoms with Crippen molar-refractivity contribution in [3.05, 3.63) is 59.7 Å². The van der Waals surface area contributed by atoms with Crippen LogP contribution in [-0.4, -0.2) is 31.9 Å². The molecular formula is C20H27NO3. The lowest BCUT2D eigenvalue weighted by Crippen LogP contribution is -2.40. The Kier molecular flexibility index (Phi) is 6.23. The van der Waals surface area contributed by atoms with Gasteiger partial charge in [-0.3, -0.25) is 0 Å². The standard InChI is InChI=1S/C20H27NO3/c1-15(12-16-10-11-18(23-3)19(13-16)24-4)21-14-20(2,22)17-8-6-5-7-9-17/h5-11,13,15,21-22H,12,14H2,1-4H3. The normalized spacial score (nSPS) is 14.7. The number of hydrogen-bond acceptors (Lipinski definition) is 4. The van der Waals surface area contributed by atoms with E-state index in [4.69, 9.17) is 9.47 Å². The van der Waals surface area contributed by atoms with E-state index in [2.05, 4.69) is 12.2 Å². The Bertz CT molecular complexity index is 641. The molecule has 24 heavy (non-hydrogen) atoms. The van der Waals surface area contributed by atoms with Crippen LogP contribution in [0, 0.1) is 0 Å². The van der Waals surface area contributed by atoms with Crippen molar-refractivity contribution in [1.82, 2.24) is 5.32 Å². The van der Waals surface area contributed by atoms with Crippen LogP contribution in [0.5, 0.6) is 11.5 Å². The van der Waals surface area contributed by atoms with Crippen molar-refractivity contribution in [2.75, 3.05) is 20.8 Å². The van der Waals surface area contributed by atoms with E-state index in [1.807, 2.05) is 55.5 Å². The lowest BCUT2D eigenvalue weighted by Gasteiger charge is -2.26. The van der Waals surface area contributed by atoms with Gasteiger partial charge in [0.1, 0.15) is 0 Å². The Hall–Kier alpha value is -2.04. The fourth-order valence-corrected chi connectivity index (χ4v) is 2.71. The van der Waals surface area contributed by atoms with Crippen LogP contribution < -0.4 is 14.8 Å². The Morgan fingerprint density at radius 2 is 1.71 bits per heavy atom. The van der Waals surface area contributed by atoms with Crippen LogP contribution in [0.4, 0.5) is 0 Å². The van der Waals surface area contributed by atoms with Crippen molar-refractivity contribution in [2.24, 2.45) is 0 Å². The molecule has 2 aromatic carbocycles. The average molecular weight is 329 g/mol. The van der Waals surface area contributed by atoms with Crippen LogP contribution in [0.2, 0.25) is 0 Å². The van der Waals surface area contributed by atoms with Gasteiger partial charge in [0.05, 0.1) is 19.8 Å². The molecule has 2 unspecified atom stereocenters. The van der Waals surface area contributed by atoms with Crippen LogP contribution in [0.3, 0.4) is 0 Å². The zero-order valence-electron chi connectivity index (χ0n) is 14.9. The van der Waals surface area contributed by atoms with Gasteiger partial charge >= 0.3 is 0 Å². The van der Waals surface area contributed by atoms with Gasteiger partial charge in [-0.1, -0.05) is 36.4 Å². The maximum Gasteiger partial charge on any atom is 0.160 e. The lowest BCUT2D eigenvalue weighted by molar-refractivity contribution is 0.0544. The molecule has 0 aliphatic carbocycles. The first-order valence-electron chi connectivity index (χ1n) is 8.18. The SMILES string of the molecule is COc1ccc(CC(C)NCC(C)(O)c2ccccc2)cc1OC. The number of methoxy groups -OCH3 is 2. The fourth-order valence-electron chi connectivity index (χ4n) is 2.71. The molecule has 0 aliphatic heterocycles. The number of nitrogens with one attached hydrogen (secondary N) is 1. The first-order valence-corrected chi connectivity index (χ1v) is 8.18. The Labute approximate surface area is 144 Å². The lowest BCUT2D eigenvalue weighted by atomic mass is 9.95. The molecule has 0 fully saturated rings. The topological polar surface area (TPSA) is 50.7 Å². The third kappa shape index (κ3) is 4.73. The van der Waals surface area contributed by atoms with E-state index in [1.54, 1.807) is 14.2 Å². The summed E-state index contributed by atoms with van der Waals surface area (Å²) in [7, 11) is 3.27. The van der Waals surface area contributed by atoms with Crippen molar-refractivity contribution >= 4 is 0 Å². The van der Waals surface area contributed by atoms with Crippen LogP contribution in [0.25, 0.3) is 0 Å². The summed E-state index contributed by atoms with van der Waals surface area (Å²) in [5, 5.41) is 14.1. The van der Waals surface area contributed by atoms with Gasteiger partial charge in [0.25, 0.3) is 0 Å². The van der Waals surface area contributed by atoms with Crippen molar-refractivity contribution in [1.29, 1.82) is 0 Å². The van der Waals surface area contributed by atoms with E-state index >= 15 is 0 Å². The molecule has 4 nitrogen and oxygen atoms in total. The van der Waals surface area contributed by atoms with Gasteiger partial charge in [0.15, 0.2) is 11.5 Å². The molecule has 4 heteroatoms. The zero-order valence-corrected chi connectivity index (χ0v) is 14.9. The van der Waals surface area contributed by atoms with Crippen LogP contribution >= 0.6 is 0 Å². The Balaban J connectivity index is 1.95. The molecule has 0 heterocycles. The highest BCUT2D eigenvalue weighted by molar-refractivity contribution is 5.43. The summed E-state index contributed by atoms with van der Waals surface area (Å²) in [6.07, 6.45) is 0.839. The molecule has 2 N–H and O–H groups in total. The monoisotopic (exact) mass is 329 g/mol. The van der Waals surface area contributed by atoms with Crippen LogP contribution in [0.1, 0.15) is 25.0 Å². The van der Waals surface area contributed by atoms with Crippen molar-refractivity contribution in [2.45, 2.75) is 31.9 Å². The van der Waals surface area contributed by atoms with Gasteiger partial charge in [-0.25, -0.2) is 0 Å². The Morgan fingerprint density at radius 1 is 1.04 bits per heavy atom. The Morgan fingerprint density at radius 3 is 2.33 bits per heavy atom. The van der Waals surface area contributed by atoms with Gasteiger partial charge in [-0.15, -0.1) is 0 Å². The van der Waals surface area contributed by atoms with Crippen molar-refractivity contribution in [3.8, 4) is 11.5 Å². The van der Waals surface area contributed by atoms with E-state index in [0.29, 0.717) is 6.54 Å². The summed E-state index contributed by atoms with van der Waals surface area (Å²) in [6, 6.07) is 15.9. The van der Waals surface area contributed by atoms with E-state index in [-0.39, 0.29) is 6.04 Å². The molecule has 0 radical (unpaired) electrons. The van der Waals surface area contributed by atoms with Gasteiger partial charge < -0.3 is 19.9 Å². The maximum atomic E-state index is 10.7. The fraction of sp³-hybridized carbons (Fsp3) is 0.400. The summed E-state index contributed by atoms with van der Waals surface area (Å²) in [5.74, 6) is 1.47. The van der Waals surface area contributed by atoms with Gasteiger partial charge in [0.2, 0.25) is 0 Å². The second-order valence-corrected chi connectivity index (χ2v) is 6.32. The largest absolute Gasteiger partial charge is 0.493 e. The molecule has 0 aliphatic rings. The van der Waals surface area contributed by atoms with E-state index in [9.17, 15) is 5.11 Å². The minimum Gasteiger partial charge on any atom is -0.493 e. The molecule has 2 rings (SSSR count). The minimum absolute atomic E-state index is 0.221. The predicted molar refractivity (Wildman–Crippen MR) is 96.7 cm³/mol. The van der Waals surface area contributed by atoms with Crippen LogP contribution in [-0.2, 0) is 12.0 Å². The second-order valence-electron chi connectivity index (χ2n) is 6.32. The summed E-state index contributed by atoms with van der Waals surface area (Å²) in [6.45, 7) is 4.43. The number of hydrogen-bond donors (Lipinski definition) is 2. The highest BCUT2D eigenvalue weighted by Crippen LogP contribution is 2.28. The highest BCUT2D eigenvalue weighted by atomic mass is 16.5. The maximum absolute atomic E-state index is 10.7. The quantitative estimate of drug-likeness (QED) is 0.781. The van der Waals surface area contributed by atoms with E-state index < -0.39 is 5.60 Å². The highest BCUT2D eigenvalue weighted by Gasteiger charge is 2.23. The molecule has 0 spiro atoms. The van der Waals surface area contributed by atoms with E-state index in [1.165, 1.54) is 0 Å². The van der Waals surface area contributed by atoms with Gasteiger partial charge in [-0.05, 0) is 43.5 Å². The first kappa shape index (κ1) is 18.3. The summed E-state index contributed by atoms with van der Waals surface area (Å²) in [4.78, 5) is 0. The average Bonchev–Trinajstić information content (AvgIpc) is 2.60. The molecule has 2 aromatic rings. The third-order valence-electron chi connectivity index (χ3n) is 4.18. The van der Waals surface area contributed by atoms with Crippen LogP contribution in [0.15, 0.2) is 48.5 Å². The van der Waals surface area contributed by atoms with Gasteiger partial charge in [-0.2, -0.15) is 0 Å². The molecule has 0 saturated heterocycles. The smallest absolute Gasteiger partial charge is 0.160 e. The molecule has 130 valence electrons. The molecule has 0 saturated carbocycles. The van der Waals surface area contributed by atoms with Crippen molar-refractivity contribution in [3.63, 3.8) is 0 Å². The summed E-state index contributed by atoms with van der Waals surface area (Å²) in [5.41, 5.74) is 1.18.